The molecule has 1 heterocycles. The summed E-state index contributed by atoms with van der Waals surface area (Å²) >= 11 is 6.14. The van der Waals surface area contributed by atoms with Gasteiger partial charge in [-0.3, -0.25) is 0 Å². The van der Waals surface area contributed by atoms with E-state index in [1.54, 1.807) is 0 Å². The zero-order valence-electron chi connectivity index (χ0n) is 11.0. The largest absolute Gasteiger partial charge is 0.366 e. The smallest absolute Gasteiger partial charge is 0.137 e. The highest BCUT2D eigenvalue weighted by Gasteiger charge is 2.46. The molecule has 0 spiro atoms. The average Bonchev–Trinajstić information content (AvgIpc) is 2.82. The highest BCUT2D eigenvalue weighted by molar-refractivity contribution is 6.30. The fourth-order valence-corrected chi connectivity index (χ4v) is 2.07. The summed E-state index contributed by atoms with van der Waals surface area (Å²) in [5.74, 6) is 1.74. The molecule has 4 heteroatoms. The lowest BCUT2D eigenvalue weighted by atomic mass is 10.2. The van der Waals surface area contributed by atoms with Crippen LogP contribution >= 0.6 is 11.6 Å². The Kier molecular flexibility index (Phi) is 3.30. The van der Waals surface area contributed by atoms with Crippen molar-refractivity contribution in [2.24, 2.45) is 5.41 Å². The molecule has 17 heavy (non-hydrogen) atoms. The van der Waals surface area contributed by atoms with E-state index in [9.17, 15) is 0 Å². The zero-order chi connectivity index (χ0) is 12.6. The van der Waals surface area contributed by atoms with E-state index < -0.39 is 0 Å². The molecule has 0 saturated heterocycles. The number of halogens is 1. The minimum atomic E-state index is 0.384. The molecule has 0 radical (unpaired) electrons. The molecule has 3 nitrogen and oxygen atoms in total. The number of rotatable bonds is 4. The third kappa shape index (κ3) is 2.71. The van der Waals surface area contributed by atoms with Crippen molar-refractivity contribution in [3.05, 3.63) is 16.5 Å². The molecule has 0 aliphatic heterocycles. The third-order valence-corrected chi connectivity index (χ3v) is 3.80. The van der Waals surface area contributed by atoms with Crippen LogP contribution in [0, 0.1) is 12.3 Å². The third-order valence-electron chi connectivity index (χ3n) is 3.43. The van der Waals surface area contributed by atoms with Crippen LogP contribution in [0.1, 0.15) is 45.0 Å². The number of nitrogens with one attached hydrogen (secondary N) is 1. The molecule has 1 aliphatic rings. The predicted molar refractivity (Wildman–Crippen MR) is 71.6 cm³/mol. The van der Waals surface area contributed by atoms with Crippen molar-refractivity contribution >= 4 is 17.4 Å². The first-order valence-electron chi connectivity index (χ1n) is 6.23. The molecule has 1 aromatic rings. The van der Waals surface area contributed by atoms with E-state index in [1.807, 2.05) is 6.92 Å². The van der Waals surface area contributed by atoms with Crippen molar-refractivity contribution < 1.29 is 0 Å². The first kappa shape index (κ1) is 12.6. The van der Waals surface area contributed by atoms with Gasteiger partial charge in [0.1, 0.15) is 16.8 Å². The van der Waals surface area contributed by atoms with Crippen molar-refractivity contribution in [3.63, 3.8) is 0 Å². The molecule has 1 unspecified atom stereocenters. The highest BCUT2D eigenvalue weighted by Crippen LogP contribution is 2.46. The summed E-state index contributed by atoms with van der Waals surface area (Å²) in [6.07, 6.45) is 3.10. The molecular formula is C13H20ClN3. The quantitative estimate of drug-likeness (QED) is 0.834. The fourth-order valence-electron chi connectivity index (χ4n) is 1.89. The van der Waals surface area contributed by atoms with Gasteiger partial charge in [-0.25, -0.2) is 9.97 Å². The second-order valence-electron chi connectivity index (χ2n) is 5.54. The lowest BCUT2D eigenvalue weighted by Gasteiger charge is -2.12. The SMILES string of the molecule is CCCc1nc(Cl)c(C)c(NC2CC2(C)C)n1. The number of hydrogen-bond acceptors (Lipinski definition) is 3. The van der Waals surface area contributed by atoms with Gasteiger partial charge in [0.2, 0.25) is 0 Å². The molecule has 1 N–H and O–H groups in total. The predicted octanol–water partition coefficient (Wildman–Crippen LogP) is 3.60. The Labute approximate surface area is 108 Å². The van der Waals surface area contributed by atoms with Gasteiger partial charge >= 0.3 is 0 Å². The summed E-state index contributed by atoms with van der Waals surface area (Å²) < 4.78 is 0. The molecule has 1 aromatic heterocycles. The Hall–Kier alpha value is -0.830. The summed E-state index contributed by atoms with van der Waals surface area (Å²) in [5.41, 5.74) is 1.34. The molecule has 2 rings (SSSR count). The standard InChI is InChI=1S/C13H20ClN3/c1-5-6-10-16-11(14)8(2)12(17-10)15-9-7-13(9,3)4/h9H,5-7H2,1-4H3,(H,15,16,17). The van der Waals surface area contributed by atoms with Gasteiger partial charge in [0.25, 0.3) is 0 Å². The topological polar surface area (TPSA) is 37.8 Å². The number of aromatic nitrogens is 2. The summed E-state index contributed by atoms with van der Waals surface area (Å²) in [5, 5.41) is 4.05. The second kappa shape index (κ2) is 4.45. The van der Waals surface area contributed by atoms with E-state index in [4.69, 9.17) is 11.6 Å². The van der Waals surface area contributed by atoms with Crippen molar-refractivity contribution in [3.8, 4) is 0 Å². The fraction of sp³-hybridized carbons (Fsp3) is 0.692. The van der Waals surface area contributed by atoms with E-state index in [1.165, 1.54) is 6.42 Å². The van der Waals surface area contributed by atoms with E-state index in [0.717, 1.165) is 30.0 Å². The van der Waals surface area contributed by atoms with Gasteiger partial charge in [-0.2, -0.15) is 0 Å². The maximum absolute atomic E-state index is 6.14. The molecule has 0 aromatic carbocycles. The van der Waals surface area contributed by atoms with Crippen LogP contribution in [0.3, 0.4) is 0 Å². The molecule has 1 saturated carbocycles. The van der Waals surface area contributed by atoms with Crippen LogP contribution in [-0.4, -0.2) is 16.0 Å². The molecule has 0 bridgehead atoms. The summed E-state index contributed by atoms with van der Waals surface area (Å²) in [6.45, 7) is 8.61. The summed E-state index contributed by atoms with van der Waals surface area (Å²) in [4.78, 5) is 8.86. The van der Waals surface area contributed by atoms with E-state index in [0.29, 0.717) is 16.6 Å². The number of aryl methyl sites for hydroxylation is 1. The normalized spacial score (nSPS) is 21.4. The minimum Gasteiger partial charge on any atom is -0.366 e. The summed E-state index contributed by atoms with van der Waals surface area (Å²) in [7, 11) is 0. The molecule has 94 valence electrons. The average molecular weight is 254 g/mol. The van der Waals surface area contributed by atoms with E-state index in [-0.39, 0.29) is 0 Å². The van der Waals surface area contributed by atoms with Gasteiger partial charge in [-0.05, 0) is 25.2 Å². The van der Waals surface area contributed by atoms with Crippen LogP contribution in [0.2, 0.25) is 5.15 Å². The van der Waals surface area contributed by atoms with Crippen LogP contribution in [0.25, 0.3) is 0 Å². The Morgan fingerprint density at radius 1 is 1.41 bits per heavy atom. The minimum absolute atomic E-state index is 0.384. The summed E-state index contributed by atoms with van der Waals surface area (Å²) in [6, 6.07) is 0.515. The van der Waals surface area contributed by atoms with E-state index >= 15 is 0 Å². The molecule has 1 aliphatic carbocycles. The van der Waals surface area contributed by atoms with Crippen LogP contribution in [0.5, 0.6) is 0 Å². The first-order chi connectivity index (χ1) is 7.94. The first-order valence-corrected chi connectivity index (χ1v) is 6.61. The van der Waals surface area contributed by atoms with Gasteiger partial charge in [0.05, 0.1) is 0 Å². The monoisotopic (exact) mass is 253 g/mol. The zero-order valence-corrected chi connectivity index (χ0v) is 11.7. The lowest BCUT2D eigenvalue weighted by Crippen LogP contribution is -2.13. The molecule has 1 atom stereocenters. The van der Waals surface area contributed by atoms with Crippen LogP contribution in [0.15, 0.2) is 0 Å². The number of hydrogen-bond donors (Lipinski definition) is 1. The number of nitrogens with zero attached hydrogens (tertiary/aromatic N) is 2. The maximum Gasteiger partial charge on any atom is 0.137 e. The number of anilines is 1. The van der Waals surface area contributed by atoms with Gasteiger partial charge in [0.15, 0.2) is 0 Å². The van der Waals surface area contributed by atoms with Crippen molar-refractivity contribution in [2.75, 3.05) is 5.32 Å². The van der Waals surface area contributed by atoms with Crippen molar-refractivity contribution in [1.29, 1.82) is 0 Å². The Morgan fingerprint density at radius 3 is 2.59 bits per heavy atom. The van der Waals surface area contributed by atoms with Gasteiger partial charge in [0, 0.05) is 18.0 Å². The van der Waals surface area contributed by atoms with Gasteiger partial charge < -0.3 is 5.32 Å². The van der Waals surface area contributed by atoms with Gasteiger partial charge in [-0.15, -0.1) is 0 Å². The van der Waals surface area contributed by atoms with Crippen LogP contribution in [-0.2, 0) is 6.42 Å². The Bertz CT molecular complexity index is 429. The Morgan fingerprint density at radius 2 is 2.06 bits per heavy atom. The highest BCUT2D eigenvalue weighted by atomic mass is 35.5. The van der Waals surface area contributed by atoms with E-state index in [2.05, 4.69) is 36.1 Å². The van der Waals surface area contributed by atoms with Crippen molar-refractivity contribution in [1.82, 2.24) is 9.97 Å². The second-order valence-corrected chi connectivity index (χ2v) is 5.90. The van der Waals surface area contributed by atoms with Crippen LogP contribution < -0.4 is 5.32 Å². The van der Waals surface area contributed by atoms with Crippen LogP contribution in [0.4, 0.5) is 5.82 Å². The lowest BCUT2D eigenvalue weighted by molar-refractivity contribution is 0.629. The molecule has 1 fully saturated rings. The Balaban J connectivity index is 2.20. The molecular weight excluding hydrogens is 234 g/mol. The molecule has 0 amide bonds. The van der Waals surface area contributed by atoms with Gasteiger partial charge in [-0.1, -0.05) is 32.4 Å². The van der Waals surface area contributed by atoms with Crippen molar-refractivity contribution in [2.45, 2.75) is 53.0 Å². The maximum atomic E-state index is 6.14.